The Morgan fingerprint density at radius 2 is 1.39 bits per heavy atom. The summed E-state index contributed by atoms with van der Waals surface area (Å²) in [5.74, 6) is -3.67. The minimum Gasteiger partial charge on any atom is -0.272 e. The second kappa shape index (κ2) is 9.04. The Bertz CT molecular complexity index is 1290. The van der Waals surface area contributed by atoms with Crippen molar-refractivity contribution in [1.29, 1.82) is 0 Å². The van der Waals surface area contributed by atoms with E-state index in [1.807, 2.05) is 0 Å². The molecule has 1 heterocycles. The standard InChI is InChI=1S/C23H18Br2N4O7/c24-19-13-9-14(20(19)25)18-17(13)22(31)27(23(18)32)26(10-11-5-1-3-7-15(11)28(33)34)21(30)12-6-2-4-8-16(12)29(35)36/h1-8,13-14,17-20H,9-10H2/t13-,14-,17-,18-,19-,20+/m1/s1. The number of hydrogen-bond donors (Lipinski definition) is 0. The third-order valence-electron chi connectivity index (χ3n) is 7.28. The number of imide groups is 1. The van der Waals surface area contributed by atoms with Crippen LogP contribution in [0.5, 0.6) is 0 Å². The number of nitro benzene ring substituents is 2. The van der Waals surface area contributed by atoms with Crippen molar-refractivity contribution in [3.05, 3.63) is 79.9 Å². The minimum atomic E-state index is -0.972. The lowest BCUT2D eigenvalue weighted by atomic mass is 9.81. The summed E-state index contributed by atoms with van der Waals surface area (Å²) in [4.78, 5) is 62.9. The van der Waals surface area contributed by atoms with Crippen molar-refractivity contribution in [3.63, 3.8) is 0 Å². The average Bonchev–Trinajstić information content (AvgIpc) is 3.47. The number of amides is 3. The zero-order valence-corrected chi connectivity index (χ0v) is 21.6. The maximum atomic E-state index is 13.7. The minimum absolute atomic E-state index is 0.0324. The monoisotopic (exact) mass is 620 g/mol. The SMILES string of the molecule is O=C(c1ccccc1[N+](=O)[O-])N(Cc1ccccc1[N+](=O)[O-])N1C(=O)[C@@H]2[C@H]3C[C@@H]([C@@H](Br)[C@H]3Br)[C@H]2C1=O. The number of rotatable bonds is 6. The van der Waals surface area contributed by atoms with Gasteiger partial charge >= 0.3 is 0 Å². The molecule has 11 nitrogen and oxygen atoms in total. The number of benzene rings is 2. The van der Waals surface area contributed by atoms with Crippen LogP contribution in [0.2, 0.25) is 0 Å². The fraction of sp³-hybridized carbons (Fsp3) is 0.348. The summed E-state index contributed by atoms with van der Waals surface area (Å²) in [5.41, 5.74) is -1.07. The molecule has 1 saturated heterocycles. The molecule has 0 radical (unpaired) electrons. The van der Waals surface area contributed by atoms with Crippen molar-refractivity contribution in [2.75, 3.05) is 0 Å². The van der Waals surface area contributed by atoms with Crippen LogP contribution in [0, 0.1) is 43.9 Å². The van der Waals surface area contributed by atoms with E-state index in [-0.39, 0.29) is 38.3 Å². The smallest absolute Gasteiger partial charge is 0.272 e. The zero-order valence-electron chi connectivity index (χ0n) is 18.4. The normalized spacial score (nSPS) is 28.3. The van der Waals surface area contributed by atoms with Crippen LogP contribution in [0.1, 0.15) is 22.3 Å². The topological polar surface area (TPSA) is 144 Å². The second-order valence-corrected chi connectivity index (χ2v) is 11.1. The fourth-order valence-corrected chi connectivity index (χ4v) is 7.61. The van der Waals surface area contributed by atoms with Gasteiger partial charge < -0.3 is 0 Å². The van der Waals surface area contributed by atoms with Gasteiger partial charge in [-0.05, 0) is 24.3 Å². The van der Waals surface area contributed by atoms with Gasteiger partial charge in [-0.2, -0.15) is 5.01 Å². The van der Waals surface area contributed by atoms with Crippen LogP contribution in [0.4, 0.5) is 11.4 Å². The largest absolute Gasteiger partial charge is 0.282 e. The molecule has 2 saturated carbocycles. The molecule has 3 amide bonds. The molecule has 6 atom stereocenters. The number of nitrogens with zero attached hydrogens (tertiary/aromatic N) is 4. The molecule has 0 aromatic heterocycles. The number of fused-ring (bicyclic) bond motifs is 5. The van der Waals surface area contributed by atoms with Crippen LogP contribution < -0.4 is 0 Å². The predicted octanol–water partition coefficient (Wildman–Crippen LogP) is 3.84. The van der Waals surface area contributed by atoms with Gasteiger partial charge in [-0.15, -0.1) is 0 Å². The van der Waals surface area contributed by atoms with Gasteiger partial charge in [0.15, 0.2) is 0 Å². The average molecular weight is 622 g/mol. The highest BCUT2D eigenvalue weighted by molar-refractivity contribution is 9.12. The summed E-state index contributed by atoms with van der Waals surface area (Å²) in [6.07, 6.45) is 0.675. The van der Waals surface area contributed by atoms with Crippen LogP contribution in [0.15, 0.2) is 48.5 Å². The third kappa shape index (κ3) is 3.63. The van der Waals surface area contributed by atoms with Gasteiger partial charge in [-0.3, -0.25) is 34.6 Å². The number of hydrogen-bond acceptors (Lipinski definition) is 7. The number of nitro groups is 2. The van der Waals surface area contributed by atoms with Crippen molar-refractivity contribution >= 4 is 61.0 Å². The first kappa shape index (κ1) is 24.5. The van der Waals surface area contributed by atoms with E-state index in [0.717, 1.165) is 16.1 Å². The number of hydrazine groups is 1. The summed E-state index contributed by atoms with van der Waals surface area (Å²) in [6.45, 7) is -0.496. The molecule has 0 N–H and O–H groups in total. The Morgan fingerprint density at radius 3 is 1.94 bits per heavy atom. The highest BCUT2D eigenvalue weighted by Gasteiger charge is 2.67. The fourth-order valence-electron chi connectivity index (χ4n) is 5.74. The molecule has 186 valence electrons. The number of alkyl halides is 2. The highest BCUT2D eigenvalue weighted by atomic mass is 79.9. The Balaban J connectivity index is 1.60. The first-order valence-corrected chi connectivity index (χ1v) is 12.9. The maximum Gasteiger partial charge on any atom is 0.282 e. The molecule has 5 rings (SSSR count). The van der Waals surface area contributed by atoms with Crippen LogP contribution in [-0.2, 0) is 16.1 Å². The molecular weight excluding hydrogens is 604 g/mol. The van der Waals surface area contributed by atoms with Gasteiger partial charge in [-0.1, -0.05) is 62.2 Å². The summed E-state index contributed by atoms with van der Waals surface area (Å²) >= 11 is 7.23. The van der Waals surface area contributed by atoms with Crippen molar-refractivity contribution in [2.45, 2.75) is 22.6 Å². The molecule has 13 heteroatoms. The summed E-state index contributed by atoms with van der Waals surface area (Å²) in [5, 5.41) is 24.8. The lowest BCUT2D eigenvalue weighted by Gasteiger charge is -2.31. The maximum absolute atomic E-state index is 13.7. The van der Waals surface area contributed by atoms with Crippen LogP contribution in [0.3, 0.4) is 0 Å². The molecule has 0 spiro atoms. The van der Waals surface area contributed by atoms with Crippen molar-refractivity contribution < 1.29 is 24.2 Å². The van der Waals surface area contributed by atoms with Crippen molar-refractivity contribution in [1.82, 2.24) is 10.0 Å². The van der Waals surface area contributed by atoms with E-state index < -0.39 is 51.6 Å². The van der Waals surface area contributed by atoms with E-state index in [9.17, 15) is 34.6 Å². The van der Waals surface area contributed by atoms with Crippen molar-refractivity contribution in [2.24, 2.45) is 23.7 Å². The van der Waals surface area contributed by atoms with Gasteiger partial charge in [0.25, 0.3) is 29.1 Å². The lowest BCUT2D eigenvalue weighted by Crippen LogP contribution is -2.50. The summed E-state index contributed by atoms with van der Waals surface area (Å²) in [7, 11) is 0. The molecule has 36 heavy (non-hydrogen) atoms. The molecule has 2 aliphatic carbocycles. The van der Waals surface area contributed by atoms with Gasteiger partial charge in [-0.25, -0.2) is 5.01 Å². The molecule has 1 aliphatic heterocycles. The Kier molecular flexibility index (Phi) is 6.15. The predicted molar refractivity (Wildman–Crippen MR) is 132 cm³/mol. The van der Waals surface area contributed by atoms with Crippen molar-refractivity contribution in [3.8, 4) is 0 Å². The van der Waals surface area contributed by atoms with E-state index in [0.29, 0.717) is 6.42 Å². The van der Waals surface area contributed by atoms with Gasteiger partial charge in [0.05, 0.1) is 33.8 Å². The third-order valence-corrected chi connectivity index (χ3v) is 10.5. The molecule has 0 unspecified atom stereocenters. The van der Waals surface area contributed by atoms with Crippen LogP contribution in [0.25, 0.3) is 0 Å². The quantitative estimate of drug-likeness (QED) is 0.206. The molecule has 2 aromatic carbocycles. The first-order chi connectivity index (χ1) is 17.1. The number of halogens is 2. The zero-order chi connectivity index (χ0) is 25.9. The number of para-hydroxylation sites is 2. The van der Waals surface area contributed by atoms with E-state index in [1.165, 1.54) is 42.5 Å². The van der Waals surface area contributed by atoms with Gasteiger partial charge in [0.1, 0.15) is 5.56 Å². The number of carbonyl (C=O) groups is 3. The molecule has 3 fully saturated rings. The molecule has 2 bridgehead atoms. The van der Waals surface area contributed by atoms with E-state index in [1.54, 1.807) is 0 Å². The number of carbonyl (C=O) groups excluding carboxylic acids is 3. The van der Waals surface area contributed by atoms with E-state index in [2.05, 4.69) is 31.9 Å². The first-order valence-electron chi connectivity index (χ1n) is 11.1. The van der Waals surface area contributed by atoms with Crippen LogP contribution >= 0.6 is 31.9 Å². The van der Waals surface area contributed by atoms with Gasteiger partial charge in [0.2, 0.25) is 0 Å². The van der Waals surface area contributed by atoms with E-state index >= 15 is 0 Å². The Labute approximate surface area is 221 Å². The van der Waals surface area contributed by atoms with E-state index in [4.69, 9.17) is 0 Å². The second-order valence-electron chi connectivity index (χ2n) is 9.01. The molecule has 2 aromatic rings. The molecule has 3 aliphatic rings. The molecular formula is C23H18Br2N4O7. The lowest BCUT2D eigenvalue weighted by molar-refractivity contribution is -0.385. The Morgan fingerprint density at radius 1 is 0.889 bits per heavy atom. The van der Waals surface area contributed by atoms with Gasteiger partial charge in [0, 0.05) is 21.8 Å². The summed E-state index contributed by atoms with van der Waals surface area (Å²) < 4.78 is 0. The highest BCUT2D eigenvalue weighted by Crippen LogP contribution is 2.60. The Hall–Kier alpha value is -3.19. The summed E-state index contributed by atoms with van der Waals surface area (Å²) in [6, 6.07) is 10.8. The van der Waals surface area contributed by atoms with Crippen LogP contribution in [-0.4, -0.2) is 47.2 Å².